The van der Waals surface area contributed by atoms with Crippen molar-refractivity contribution in [2.75, 3.05) is 19.7 Å². The molecule has 0 spiro atoms. The highest BCUT2D eigenvalue weighted by Crippen LogP contribution is 2.25. The van der Waals surface area contributed by atoms with Crippen LogP contribution in [0.5, 0.6) is 5.75 Å². The molecule has 0 bridgehead atoms. The van der Waals surface area contributed by atoms with E-state index in [0.717, 1.165) is 10.0 Å². The molecule has 1 rings (SSSR count). The minimum Gasteiger partial charge on any atom is -0.490 e. The van der Waals surface area contributed by atoms with Gasteiger partial charge in [-0.1, -0.05) is 6.07 Å². The molecule has 0 aliphatic carbocycles. The molecule has 1 amide bonds. The van der Waals surface area contributed by atoms with Crippen molar-refractivity contribution in [3.63, 3.8) is 0 Å². The Morgan fingerprint density at radius 1 is 1.43 bits per heavy atom. The van der Waals surface area contributed by atoms with E-state index < -0.39 is 6.10 Å². The molecule has 1 atom stereocenters. The van der Waals surface area contributed by atoms with Crippen molar-refractivity contribution in [1.82, 2.24) is 10.6 Å². The number of benzene rings is 1. The van der Waals surface area contributed by atoms with E-state index in [1.165, 1.54) is 0 Å². The lowest BCUT2D eigenvalue weighted by atomic mass is 10.2. The molecular weight excluding hydrogens is 336 g/mol. The third-order valence-electron chi connectivity index (χ3n) is 2.63. The second-order valence-electron chi connectivity index (χ2n) is 5.25. The average molecular weight is 359 g/mol. The number of ether oxygens (including phenoxy) is 1. The molecule has 0 heterocycles. The van der Waals surface area contributed by atoms with Crippen LogP contribution in [0.1, 0.15) is 19.4 Å². The zero-order chi connectivity index (χ0) is 15.8. The van der Waals surface area contributed by atoms with Crippen LogP contribution in [0.15, 0.2) is 22.7 Å². The summed E-state index contributed by atoms with van der Waals surface area (Å²) in [6.07, 6.45) is -0.676. The van der Waals surface area contributed by atoms with Crippen LogP contribution in [0.2, 0.25) is 0 Å². The summed E-state index contributed by atoms with van der Waals surface area (Å²) in [5.74, 6) is 0.608. The second kappa shape index (κ2) is 9.02. The number of aryl methyl sites for hydroxylation is 1. The second-order valence-corrected chi connectivity index (χ2v) is 6.11. The van der Waals surface area contributed by atoms with E-state index in [-0.39, 0.29) is 25.1 Å². The van der Waals surface area contributed by atoms with E-state index in [4.69, 9.17) is 4.74 Å². The van der Waals surface area contributed by atoms with Crippen LogP contribution >= 0.6 is 15.9 Å². The number of amides is 1. The van der Waals surface area contributed by atoms with Gasteiger partial charge in [0.05, 0.1) is 11.0 Å². The van der Waals surface area contributed by atoms with E-state index in [2.05, 4.69) is 26.6 Å². The Morgan fingerprint density at radius 2 is 2.14 bits per heavy atom. The van der Waals surface area contributed by atoms with Crippen LogP contribution in [0.3, 0.4) is 0 Å². The van der Waals surface area contributed by atoms with Gasteiger partial charge in [-0.3, -0.25) is 4.79 Å². The van der Waals surface area contributed by atoms with Crippen molar-refractivity contribution < 1.29 is 14.6 Å². The van der Waals surface area contributed by atoms with Crippen LogP contribution in [0.4, 0.5) is 0 Å². The molecule has 1 aromatic carbocycles. The summed E-state index contributed by atoms with van der Waals surface area (Å²) in [6, 6.07) is 5.87. The first-order chi connectivity index (χ1) is 9.88. The Balaban J connectivity index is 2.25. The first kappa shape index (κ1) is 17.9. The van der Waals surface area contributed by atoms with E-state index >= 15 is 0 Å². The highest BCUT2D eigenvalue weighted by molar-refractivity contribution is 9.10. The number of aliphatic hydroxyl groups is 1. The van der Waals surface area contributed by atoms with Gasteiger partial charge in [0.1, 0.15) is 18.5 Å². The van der Waals surface area contributed by atoms with Crippen LogP contribution in [0, 0.1) is 6.92 Å². The van der Waals surface area contributed by atoms with Crippen LogP contribution in [-0.4, -0.2) is 42.9 Å². The molecule has 3 N–H and O–H groups in total. The maximum Gasteiger partial charge on any atom is 0.234 e. The van der Waals surface area contributed by atoms with Crippen molar-refractivity contribution in [3.8, 4) is 5.75 Å². The molecule has 0 fully saturated rings. The molecule has 0 aliphatic rings. The molecule has 0 saturated heterocycles. The van der Waals surface area contributed by atoms with E-state index in [9.17, 15) is 9.90 Å². The molecule has 118 valence electrons. The minimum absolute atomic E-state index is 0.0839. The third-order valence-corrected chi connectivity index (χ3v) is 3.25. The Labute approximate surface area is 134 Å². The maximum atomic E-state index is 11.4. The summed E-state index contributed by atoms with van der Waals surface area (Å²) in [5, 5.41) is 15.5. The SMILES string of the molecule is Cc1ccc(OCC(O)CNCC(=O)NC(C)C)c(Br)c1. The minimum atomic E-state index is -0.676. The number of hydrogen-bond donors (Lipinski definition) is 3. The van der Waals surface area contributed by atoms with Crippen molar-refractivity contribution in [2.24, 2.45) is 0 Å². The number of halogens is 1. The Morgan fingerprint density at radius 3 is 2.76 bits per heavy atom. The summed E-state index contributed by atoms with van der Waals surface area (Å²) in [5.41, 5.74) is 1.13. The highest BCUT2D eigenvalue weighted by atomic mass is 79.9. The molecule has 5 nitrogen and oxygen atoms in total. The van der Waals surface area contributed by atoms with Crippen LogP contribution in [-0.2, 0) is 4.79 Å². The maximum absolute atomic E-state index is 11.4. The summed E-state index contributed by atoms with van der Waals surface area (Å²) in [4.78, 5) is 11.4. The molecule has 0 aromatic heterocycles. The number of aliphatic hydroxyl groups excluding tert-OH is 1. The Hall–Kier alpha value is -1.11. The van der Waals surface area contributed by atoms with Crippen molar-refractivity contribution >= 4 is 21.8 Å². The monoisotopic (exact) mass is 358 g/mol. The number of carbonyl (C=O) groups excluding carboxylic acids is 1. The van der Waals surface area contributed by atoms with Gasteiger partial charge in [-0.05, 0) is 54.4 Å². The van der Waals surface area contributed by atoms with Gasteiger partial charge in [0, 0.05) is 12.6 Å². The van der Waals surface area contributed by atoms with Gasteiger partial charge >= 0.3 is 0 Å². The predicted molar refractivity (Wildman–Crippen MR) is 86.5 cm³/mol. The molecule has 1 aromatic rings. The zero-order valence-electron chi connectivity index (χ0n) is 12.6. The first-order valence-electron chi connectivity index (χ1n) is 6.95. The smallest absolute Gasteiger partial charge is 0.234 e. The quantitative estimate of drug-likeness (QED) is 0.660. The standard InChI is InChI=1S/C15H23BrN2O3/c1-10(2)18-15(20)8-17-7-12(19)9-21-14-5-4-11(3)6-13(14)16/h4-6,10,12,17,19H,7-9H2,1-3H3,(H,18,20). The summed E-state index contributed by atoms with van der Waals surface area (Å²) < 4.78 is 6.40. The number of hydrogen-bond acceptors (Lipinski definition) is 4. The van der Waals surface area contributed by atoms with Crippen molar-refractivity contribution in [3.05, 3.63) is 28.2 Å². The molecular formula is C15H23BrN2O3. The normalized spacial score (nSPS) is 12.3. The molecule has 6 heteroatoms. The van der Waals surface area contributed by atoms with E-state index in [1.54, 1.807) is 0 Å². The topological polar surface area (TPSA) is 70.6 Å². The lowest BCUT2D eigenvalue weighted by molar-refractivity contribution is -0.120. The molecule has 0 saturated carbocycles. The van der Waals surface area contributed by atoms with Gasteiger partial charge in [-0.15, -0.1) is 0 Å². The largest absolute Gasteiger partial charge is 0.490 e. The van der Waals surface area contributed by atoms with Gasteiger partial charge in [0.15, 0.2) is 0 Å². The molecule has 0 radical (unpaired) electrons. The predicted octanol–water partition coefficient (Wildman–Crippen LogP) is 1.61. The molecule has 21 heavy (non-hydrogen) atoms. The van der Waals surface area contributed by atoms with Crippen molar-refractivity contribution in [2.45, 2.75) is 32.9 Å². The van der Waals surface area contributed by atoms with Crippen LogP contribution < -0.4 is 15.4 Å². The fourth-order valence-corrected chi connectivity index (χ4v) is 2.30. The van der Waals surface area contributed by atoms with Gasteiger partial charge < -0.3 is 20.5 Å². The Bertz CT molecular complexity index is 466. The van der Waals surface area contributed by atoms with Gasteiger partial charge in [0.2, 0.25) is 5.91 Å². The average Bonchev–Trinajstić information content (AvgIpc) is 2.36. The fraction of sp³-hybridized carbons (Fsp3) is 0.533. The summed E-state index contributed by atoms with van der Waals surface area (Å²) in [7, 11) is 0. The van der Waals surface area contributed by atoms with Crippen LogP contribution in [0.25, 0.3) is 0 Å². The van der Waals surface area contributed by atoms with E-state index in [0.29, 0.717) is 12.3 Å². The molecule has 0 aliphatic heterocycles. The number of nitrogens with one attached hydrogen (secondary N) is 2. The third kappa shape index (κ3) is 7.45. The Kier molecular flexibility index (Phi) is 7.71. The lowest BCUT2D eigenvalue weighted by Crippen LogP contribution is -2.41. The first-order valence-corrected chi connectivity index (χ1v) is 7.75. The van der Waals surface area contributed by atoms with Gasteiger partial charge in [0.25, 0.3) is 0 Å². The zero-order valence-corrected chi connectivity index (χ0v) is 14.2. The summed E-state index contributed by atoms with van der Waals surface area (Å²) in [6.45, 7) is 6.45. The number of rotatable bonds is 8. The van der Waals surface area contributed by atoms with E-state index in [1.807, 2.05) is 39.0 Å². The molecule has 1 unspecified atom stereocenters. The van der Waals surface area contributed by atoms with Gasteiger partial charge in [-0.2, -0.15) is 0 Å². The highest BCUT2D eigenvalue weighted by Gasteiger charge is 2.09. The summed E-state index contributed by atoms with van der Waals surface area (Å²) >= 11 is 3.42. The van der Waals surface area contributed by atoms with Crippen molar-refractivity contribution in [1.29, 1.82) is 0 Å². The lowest BCUT2D eigenvalue weighted by Gasteiger charge is -2.15. The fourth-order valence-electron chi connectivity index (χ4n) is 1.69. The van der Waals surface area contributed by atoms with Gasteiger partial charge in [-0.25, -0.2) is 0 Å². The number of carbonyl (C=O) groups is 1.